The molecule has 0 unspecified atom stereocenters. The standard InChI is InChI=1S/C18H27N3O2S/c1-12-6-4-9-16(13(12)2)19-18(24)21-20-17(22)15-8-5-7-14(10-15)11-23-3/h5,7-8,10,12-13,16H,4,6,9,11H2,1-3H3,(H,20,22)(H2,19,21,24)/t12-,13+,16+/m0/s1. The average molecular weight is 350 g/mol. The van der Waals surface area contributed by atoms with Crippen molar-refractivity contribution in [2.75, 3.05) is 7.11 Å². The molecule has 24 heavy (non-hydrogen) atoms. The molecule has 1 aromatic carbocycles. The Kier molecular flexibility index (Phi) is 6.99. The average Bonchev–Trinajstić information content (AvgIpc) is 2.57. The molecule has 1 aromatic rings. The van der Waals surface area contributed by atoms with E-state index in [-0.39, 0.29) is 5.91 Å². The van der Waals surface area contributed by atoms with Crippen LogP contribution in [0.5, 0.6) is 0 Å². The van der Waals surface area contributed by atoms with Gasteiger partial charge in [0, 0.05) is 18.7 Å². The summed E-state index contributed by atoms with van der Waals surface area (Å²) in [7, 11) is 1.63. The molecule has 0 spiro atoms. The first-order valence-corrected chi connectivity index (χ1v) is 8.86. The fourth-order valence-corrected chi connectivity index (χ4v) is 3.35. The molecule has 6 heteroatoms. The Bertz CT molecular complexity index is 579. The molecule has 0 aliphatic heterocycles. The quantitative estimate of drug-likeness (QED) is 0.576. The van der Waals surface area contributed by atoms with E-state index < -0.39 is 0 Å². The van der Waals surface area contributed by atoms with Crippen molar-refractivity contribution in [3.63, 3.8) is 0 Å². The Hall–Kier alpha value is -1.66. The fourth-order valence-electron chi connectivity index (χ4n) is 3.14. The monoisotopic (exact) mass is 349 g/mol. The van der Waals surface area contributed by atoms with Gasteiger partial charge in [0.1, 0.15) is 0 Å². The van der Waals surface area contributed by atoms with Crippen molar-refractivity contribution < 1.29 is 9.53 Å². The van der Waals surface area contributed by atoms with Gasteiger partial charge in [-0.3, -0.25) is 15.6 Å². The lowest BCUT2D eigenvalue weighted by Gasteiger charge is -2.35. The minimum Gasteiger partial charge on any atom is -0.380 e. The van der Waals surface area contributed by atoms with E-state index in [0.29, 0.717) is 35.2 Å². The smallest absolute Gasteiger partial charge is 0.269 e. The van der Waals surface area contributed by atoms with E-state index in [1.165, 1.54) is 12.8 Å². The molecule has 0 saturated heterocycles. The van der Waals surface area contributed by atoms with Gasteiger partial charge in [0.25, 0.3) is 5.91 Å². The van der Waals surface area contributed by atoms with Crippen LogP contribution in [0.2, 0.25) is 0 Å². The summed E-state index contributed by atoms with van der Waals surface area (Å²) in [5, 5.41) is 3.78. The number of carbonyl (C=O) groups is 1. The normalized spacial score (nSPS) is 23.4. The van der Waals surface area contributed by atoms with Crippen LogP contribution in [-0.4, -0.2) is 24.2 Å². The molecule has 2 rings (SSSR count). The van der Waals surface area contributed by atoms with Gasteiger partial charge in [0.2, 0.25) is 0 Å². The second-order valence-electron chi connectivity index (χ2n) is 6.56. The van der Waals surface area contributed by atoms with Gasteiger partial charge >= 0.3 is 0 Å². The summed E-state index contributed by atoms with van der Waals surface area (Å²) in [4.78, 5) is 12.2. The van der Waals surface area contributed by atoms with Crippen molar-refractivity contribution in [1.29, 1.82) is 0 Å². The Balaban J connectivity index is 1.82. The molecule has 1 saturated carbocycles. The zero-order chi connectivity index (χ0) is 17.5. The highest BCUT2D eigenvalue weighted by Gasteiger charge is 2.27. The third kappa shape index (κ3) is 5.18. The summed E-state index contributed by atoms with van der Waals surface area (Å²) in [5.74, 6) is 1.04. The van der Waals surface area contributed by atoms with Crippen molar-refractivity contribution in [3.8, 4) is 0 Å². The maximum absolute atomic E-state index is 12.2. The number of hydrazine groups is 1. The number of hydrogen-bond donors (Lipinski definition) is 3. The van der Waals surface area contributed by atoms with Gasteiger partial charge in [0.15, 0.2) is 5.11 Å². The van der Waals surface area contributed by atoms with Gasteiger partial charge in [-0.25, -0.2) is 0 Å². The maximum Gasteiger partial charge on any atom is 0.269 e. The third-order valence-electron chi connectivity index (χ3n) is 4.81. The molecule has 1 aliphatic rings. The number of thiocarbonyl (C=S) groups is 1. The van der Waals surface area contributed by atoms with Gasteiger partial charge in [-0.05, 0) is 48.2 Å². The lowest BCUT2D eigenvalue weighted by Crippen LogP contribution is -2.52. The molecule has 3 N–H and O–H groups in total. The molecule has 0 radical (unpaired) electrons. The molecule has 0 heterocycles. The van der Waals surface area contributed by atoms with Crippen molar-refractivity contribution in [2.45, 2.75) is 45.8 Å². The minimum atomic E-state index is -0.220. The van der Waals surface area contributed by atoms with E-state index in [9.17, 15) is 4.79 Å². The van der Waals surface area contributed by atoms with E-state index in [4.69, 9.17) is 17.0 Å². The first kappa shape index (κ1) is 18.7. The lowest BCUT2D eigenvalue weighted by atomic mass is 9.78. The molecule has 1 aliphatic carbocycles. The van der Waals surface area contributed by atoms with E-state index >= 15 is 0 Å². The van der Waals surface area contributed by atoms with Crippen molar-refractivity contribution in [2.24, 2.45) is 11.8 Å². The van der Waals surface area contributed by atoms with Gasteiger partial charge < -0.3 is 10.1 Å². The Labute approximate surface area is 149 Å². The predicted octanol–water partition coefficient (Wildman–Crippen LogP) is 2.77. The van der Waals surface area contributed by atoms with Crippen LogP contribution < -0.4 is 16.2 Å². The Morgan fingerprint density at radius 2 is 2.08 bits per heavy atom. The number of methoxy groups -OCH3 is 1. The molecule has 5 nitrogen and oxygen atoms in total. The second-order valence-corrected chi connectivity index (χ2v) is 6.97. The highest BCUT2D eigenvalue weighted by atomic mass is 32.1. The van der Waals surface area contributed by atoms with Gasteiger partial charge in [-0.15, -0.1) is 0 Å². The summed E-state index contributed by atoms with van der Waals surface area (Å²) in [6, 6.07) is 7.69. The number of ether oxygens (including phenoxy) is 1. The van der Waals surface area contributed by atoms with Crippen LogP contribution in [0.15, 0.2) is 24.3 Å². The van der Waals surface area contributed by atoms with Crippen molar-refractivity contribution in [3.05, 3.63) is 35.4 Å². The van der Waals surface area contributed by atoms with Crippen LogP contribution in [0.3, 0.4) is 0 Å². The van der Waals surface area contributed by atoms with Crippen LogP contribution in [0.4, 0.5) is 0 Å². The fraction of sp³-hybridized carbons (Fsp3) is 0.556. The largest absolute Gasteiger partial charge is 0.380 e. The summed E-state index contributed by atoms with van der Waals surface area (Å²) < 4.78 is 5.09. The Morgan fingerprint density at radius 3 is 2.83 bits per heavy atom. The van der Waals surface area contributed by atoms with Crippen LogP contribution in [0, 0.1) is 11.8 Å². The van der Waals surface area contributed by atoms with Gasteiger partial charge in [0.05, 0.1) is 6.61 Å². The summed E-state index contributed by atoms with van der Waals surface area (Å²) >= 11 is 5.31. The van der Waals surface area contributed by atoms with E-state index in [1.807, 2.05) is 18.2 Å². The zero-order valence-electron chi connectivity index (χ0n) is 14.6. The highest BCUT2D eigenvalue weighted by Crippen LogP contribution is 2.29. The predicted molar refractivity (Wildman–Crippen MR) is 99.5 cm³/mol. The van der Waals surface area contributed by atoms with E-state index in [0.717, 1.165) is 12.0 Å². The second kappa shape index (κ2) is 8.99. The topological polar surface area (TPSA) is 62.4 Å². The summed E-state index contributed by atoms with van der Waals surface area (Å²) in [6.07, 6.45) is 3.60. The lowest BCUT2D eigenvalue weighted by molar-refractivity contribution is 0.0943. The van der Waals surface area contributed by atoms with Crippen LogP contribution in [-0.2, 0) is 11.3 Å². The molecular formula is C18H27N3O2S. The first-order chi connectivity index (χ1) is 11.5. The SMILES string of the molecule is COCc1cccc(C(=O)NNC(=S)N[C@@H]2CCC[C@H](C)[C@H]2C)c1. The molecule has 0 aromatic heterocycles. The molecule has 132 valence electrons. The maximum atomic E-state index is 12.2. The first-order valence-electron chi connectivity index (χ1n) is 8.46. The molecule has 1 fully saturated rings. The number of benzene rings is 1. The minimum absolute atomic E-state index is 0.220. The van der Waals surface area contributed by atoms with Gasteiger partial charge in [-0.2, -0.15) is 0 Å². The third-order valence-corrected chi connectivity index (χ3v) is 5.03. The number of rotatable bonds is 4. The Morgan fingerprint density at radius 1 is 1.29 bits per heavy atom. The number of nitrogens with one attached hydrogen (secondary N) is 3. The van der Waals surface area contributed by atoms with E-state index in [2.05, 4.69) is 30.0 Å². The molecular weight excluding hydrogens is 322 g/mol. The van der Waals surface area contributed by atoms with Crippen molar-refractivity contribution in [1.82, 2.24) is 16.2 Å². The number of carbonyl (C=O) groups excluding carboxylic acids is 1. The molecule has 1 amide bonds. The van der Waals surface area contributed by atoms with E-state index in [1.54, 1.807) is 13.2 Å². The van der Waals surface area contributed by atoms with Crippen molar-refractivity contribution >= 4 is 23.2 Å². The van der Waals surface area contributed by atoms with Crippen LogP contribution >= 0.6 is 12.2 Å². The highest BCUT2D eigenvalue weighted by molar-refractivity contribution is 7.80. The summed E-state index contributed by atoms with van der Waals surface area (Å²) in [5.41, 5.74) is 6.98. The number of amides is 1. The van der Waals surface area contributed by atoms with Gasteiger partial charge in [-0.1, -0.05) is 38.8 Å². The summed E-state index contributed by atoms with van der Waals surface area (Å²) in [6.45, 7) is 5.01. The van der Waals surface area contributed by atoms with Crippen LogP contribution in [0.25, 0.3) is 0 Å². The number of hydrogen-bond acceptors (Lipinski definition) is 3. The molecule has 3 atom stereocenters. The molecule has 0 bridgehead atoms. The van der Waals surface area contributed by atoms with Crippen LogP contribution in [0.1, 0.15) is 49.0 Å². The zero-order valence-corrected chi connectivity index (χ0v) is 15.4.